The number of nitrogens with one attached hydrogen (secondary N) is 1. The highest BCUT2D eigenvalue weighted by Gasteiger charge is 2.20. The topological polar surface area (TPSA) is 68.8 Å². The number of rotatable bonds is 5. The van der Waals surface area contributed by atoms with Gasteiger partial charge in [0.1, 0.15) is 0 Å². The minimum absolute atomic E-state index is 0.0310. The molecule has 0 bridgehead atoms. The van der Waals surface area contributed by atoms with E-state index in [1.54, 1.807) is 17.5 Å². The lowest BCUT2D eigenvalue weighted by molar-refractivity contribution is 0.514. The lowest BCUT2D eigenvalue weighted by atomic mass is 10.1. The molecule has 0 amide bonds. The average Bonchev–Trinajstić information content (AvgIpc) is 2.92. The van der Waals surface area contributed by atoms with Gasteiger partial charge in [0.15, 0.2) is 0 Å². The van der Waals surface area contributed by atoms with Gasteiger partial charge >= 0.3 is 0 Å². The molecule has 0 aliphatic carbocycles. The molecule has 1 unspecified atom stereocenters. The van der Waals surface area contributed by atoms with Gasteiger partial charge in [-0.25, -0.2) is 10.1 Å². The minimum atomic E-state index is -0.0310. The van der Waals surface area contributed by atoms with E-state index in [-0.39, 0.29) is 6.04 Å². The normalized spacial score (nSPS) is 12.9. The van der Waals surface area contributed by atoms with Crippen LogP contribution >= 0.6 is 11.3 Å². The lowest BCUT2D eigenvalue weighted by Crippen LogP contribution is -2.30. The quantitative estimate of drug-likeness (QED) is 0.626. The maximum absolute atomic E-state index is 5.68. The van der Waals surface area contributed by atoms with Gasteiger partial charge in [0.05, 0.1) is 17.9 Å². The molecule has 1 atom stereocenters. The third-order valence-electron chi connectivity index (χ3n) is 2.71. The molecule has 2 aromatic heterocycles. The Morgan fingerprint density at radius 3 is 3.00 bits per heavy atom. The Balaban J connectivity index is 2.35. The van der Waals surface area contributed by atoms with Crippen LogP contribution in [0, 0.1) is 6.92 Å². The summed E-state index contributed by atoms with van der Waals surface area (Å²) in [6.07, 6.45) is 2.80. The number of hydrazine groups is 1. The number of aromatic nitrogens is 3. The molecule has 3 N–H and O–H groups in total. The molecule has 0 aromatic carbocycles. The molecule has 2 rings (SSSR count). The highest BCUT2D eigenvalue weighted by Crippen LogP contribution is 2.28. The summed E-state index contributed by atoms with van der Waals surface area (Å²) in [7, 11) is 0. The Morgan fingerprint density at radius 2 is 2.41 bits per heavy atom. The van der Waals surface area contributed by atoms with Crippen molar-refractivity contribution in [1.82, 2.24) is 20.4 Å². The Morgan fingerprint density at radius 1 is 1.59 bits per heavy atom. The smallest absolute Gasteiger partial charge is 0.0989 e. The number of hydrogen-bond donors (Lipinski definition) is 2. The molecule has 0 aliphatic heterocycles. The van der Waals surface area contributed by atoms with Crippen LogP contribution in [0.2, 0.25) is 0 Å². The fourth-order valence-corrected chi connectivity index (χ4v) is 2.85. The monoisotopic (exact) mass is 251 g/mol. The summed E-state index contributed by atoms with van der Waals surface area (Å²) in [5.74, 6) is 5.68. The Bertz CT molecular complexity index is 476. The first-order valence-electron chi connectivity index (χ1n) is 5.66. The lowest BCUT2D eigenvalue weighted by Gasteiger charge is -2.16. The van der Waals surface area contributed by atoms with Crippen LogP contribution in [-0.2, 0) is 6.54 Å². The third kappa shape index (κ3) is 2.38. The van der Waals surface area contributed by atoms with E-state index in [0.29, 0.717) is 0 Å². The molecule has 5 nitrogen and oxygen atoms in total. The standard InChI is InChI=1S/C11H17N5S/c1-3-5-16-9(7-13-15-16)10(14-12)11-8(2)4-6-17-11/h4,6-7,10,14H,3,5,12H2,1-2H3. The molecule has 2 aromatic rings. The number of aryl methyl sites for hydroxylation is 2. The summed E-state index contributed by atoms with van der Waals surface area (Å²) < 4.78 is 1.91. The van der Waals surface area contributed by atoms with E-state index in [0.717, 1.165) is 18.7 Å². The van der Waals surface area contributed by atoms with Gasteiger partial charge in [-0.15, -0.1) is 16.4 Å². The van der Waals surface area contributed by atoms with E-state index >= 15 is 0 Å². The number of thiophene rings is 1. The van der Waals surface area contributed by atoms with Crippen molar-refractivity contribution in [3.05, 3.63) is 33.8 Å². The Kier molecular flexibility index (Phi) is 3.88. The second kappa shape index (κ2) is 5.39. The van der Waals surface area contributed by atoms with Crippen LogP contribution in [0.5, 0.6) is 0 Å². The molecule has 17 heavy (non-hydrogen) atoms. The SMILES string of the molecule is CCCn1nncc1C(NN)c1sccc1C. The van der Waals surface area contributed by atoms with E-state index in [4.69, 9.17) is 5.84 Å². The summed E-state index contributed by atoms with van der Waals surface area (Å²) in [5, 5.41) is 10.1. The van der Waals surface area contributed by atoms with E-state index in [9.17, 15) is 0 Å². The first-order chi connectivity index (χ1) is 8.27. The Hall–Kier alpha value is -1.24. The third-order valence-corrected chi connectivity index (χ3v) is 3.79. The molecule has 0 fully saturated rings. The maximum atomic E-state index is 5.68. The number of hydrogen-bond acceptors (Lipinski definition) is 5. The van der Waals surface area contributed by atoms with E-state index in [1.807, 2.05) is 4.68 Å². The van der Waals surface area contributed by atoms with E-state index in [1.165, 1.54) is 10.4 Å². The first-order valence-corrected chi connectivity index (χ1v) is 6.54. The van der Waals surface area contributed by atoms with Gasteiger partial charge in [-0.2, -0.15) is 0 Å². The van der Waals surface area contributed by atoms with Crippen molar-refractivity contribution in [2.24, 2.45) is 5.84 Å². The van der Waals surface area contributed by atoms with Gasteiger partial charge < -0.3 is 0 Å². The van der Waals surface area contributed by atoms with E-state index in [2.05, 4.69) is 41.0 Å². The largest absolute Gasteiger partial charge is 0.270 e. The molecule has 0 saturated heterocycles. The van der Waals surface area contributed by atoms with E-state index < -0.39 is 0 Å². The van der Waals surface area contributed by atoms with Gasteiger partial charge in [-0.05, 0) is 30.4 Å². The zero-order valence-electron chi connectivity index (χ0n) is 10.1. The Labute approximate surface area is 105 Å². The van der Waals surface area contributed by atoms with Crippen LogP contribution in [-0.4, -0.2) is 15.0 Å². The van der Waals surface area contributed by atoms with Crippen molar-refractivity contribution in [1.29, 1.82) is 0 Å². The van der Waals surface area contributed by atoms with Crippen LogP contribution in [0.1, 0.15) is 35.5 Å². The summed E-state index contributed by atoms with van der Waals surface area (Å²) in [6, 6.07) is 2.06. The van der Waals surface area contributed by atoms with Crippen LogP contribution in [0.25, 0.3) is 0 Å². The van der Waals surface area contributed by atoms with Gasteiger partial charge in [0.2, 0.25) is 0 Å². The molecular formula is C11H17N5S. The van der Waals surface area contributed by atoms with Gasteiger partial charge in [-0.3, -0.25) is 5.84 Å². The van der Waals surface area contributed by atoms with Gasteiger partial charge in [0.25, 0.3) is 0 Å². The summed E-state index contributed by atoms with van der Waals surface area (Å²) in [4.78, 5) is 1.21. The maximum Gasteiger partial charge on any atom is 0.0989 e. The van der Waals surface area contributed by atoms with Crippen LogP contribution in [0.3, 0.4) is 0 Å². The van der Waals surface area contributed by atoms with Crippen LogP contribution < -0.4 is 11.3 Å². The molecule has 92 valence electrons. The second-order valence-corrected chi connectivity index (χ2v) is 4.90. The number of nitrogens with zero attached hydrogens (tertiary/aromatic N) is 3. The predicted molar refractivity (Wildman–Crippen MR) is 68.5 cm³/mol. The molecular weight excluding hydrogens is 234 g/mol. The second-order valence-electron chi connectivity index (χ2n) is 3.95. The zero-order valence-corrected chi connectivity index (χ0v) is 10.9. The minimum Gasteiger partial charge on any atom is -0.270 e. The highest BCUT2D eigenvalue weighted by molar-refractivity contribution is 7.10. The average molecular weight is 251 g/mol. The summed E-state index contributed by atoms with van der Waals surface area (Å²) in [5.41, 5.74) is 5.11. The molecule has 2 heterocycles. The van der Waals surface area contributed by atoms with Crippen molar-refractivity contribution in [3.63, 3.8) is 0 Å². The first kappa shape index (κ1) is 12.2. The molecule has 6 heteroatoms. The fourth-order valence-electron chi connectivity index (χ4n) is 1.85. The van der Waals surface area contributed by atoms with Crippen LogP contribution in [0.15, 0.2) is 17.6 Å². The van der Waals surface area contributed by atoms with Crippen molar-refractivity contribution in [3.8, 4) is 0 Å². The van der Waals surface area contributed by atoms with Crippen molar-refractivity contribution in [2.75, 3.05) is 0 Å². The van der Waals surface area contributed by atoms with Crippen molar-refractivity contribution < 1.29 is 0 Å². The van der Waals surface area contributed by atoms with Gasteiger partial charge in [0, 0.05) is 11.4 Å². The molecule has 0 spiro atoms. The molecule has 0 aliphatic rings. The number of nitrogens with two attached hydrogens (primary N) is 1. The summed E-state index contributed by atoms with van der Waals surface area (Å²) in [6.45, 7) is 5.06. The highest BCUT2D eigenvalue weighted by atomic mass is 32.1. The fraction of sp³-hybridized carbons (Fsp3) is 0.455. The molecule has 0 saturated carbocycles. The predicted octanol–water partition coefficient (Wildman–Crippen LogP) is 1.61. The molecule has 0 radical (unpaired) electrons. The van der Waals surface area contributed by atoms with Crippen molar-refractivity contribution in [2.45, 2.75) is 32.9 Å². The van der Waals surface area contributed by atoms with Gasteiger partial charge in [-0.1, -0.05) is 12.1 Å². The zero-order chi connectivity index (χ0) is 12.3. The van der Waals surface area contributed by atoms with Crippen molar-refractivity contribution >= 4 is 11.3 Å². The van der Waals surface area contributed by atoms with Crippen LogP contribution in [0.4, 0.5) is 0 Å². The summed E-state index contributed by atoms with van der Waals surface area (Å²) >= 11 is 1.70.